The molecular formula is C23H18N2O2. The number of hydrogen-bond acceptors (Lipinski definition) is 2. The lowest BCUT2D eigenvalue weighted by atomic mass is 9.98. The molecule has 1 aromatic heterocycles. The van der Waals surface area contributed by atoms with E-state index in [1.807, 2.05) is 24.3 Å². The van der Waals surface area contributed by atoms with Crippen LogP contribution in [0, 0.1) is 10.1 Å². The van der Waals surface area contributed by atoms with E-state index in [0.717, 1.165) is 23.9 Å². The normalized spacial score (nSPS) is 15.8. The van der Waals surface area contributed by atoms with Gasteiger partial charge in [0.05, 0.1) is 16.5 Å². The van der Waals surface area contributed by atoms with E-state index in [9.17, 15) is 10.1 Å². The second-order valence-electron chi connectivity index (χ2n) is 6.95. The van der Waals surface area contributed by atoms with Gasteiger partial charge in [0, 0.05) is 28.2 Å². The summed E-state index contributed by atoms with van der Waals surface area (Å²) in [4.78, 5) is 11.3. The highest BCUT2D eigenvalue weighted by molar-refractivity contribution is 5.98. The number of nitrogens with zero attached hydrogens (tertiary/aromatic N) is 2. The zero-order chi connectivity index (χ0) is 18.4. The second kappa shape index (κ2) is 6.09. The summed E-state index contributed by atoms with van der Waals surface area (Å²) in [6, 6.07) is 25.9. The first-order valence-electron chi connectivity index (χ1n) is 9.16. The summed E-state index contributed by atoms with van der Waals surface area (Å²) < 4.78 is 2.32. The van der Waals surface area contributed by atoms with Gasteiger partial charge >= 0.3 is 0 Å². The number of hydrogen-bond donors (Lipinski definition) is 0. The van der Waals surface area contributed by atoms with E-state index < -0.39 is 0 Å². The number of aromatic nitrogens is 1. The molecule has 1 aliphatic rings. The summed E-state index contributed by atoms with van der Waals surface area (Å²) >= 11 is 0. The molecule has 0 saturated heterocycles. The van der Waals surface area contributed by atoms with Gasteiger partial charge in [-0.1, -0.05) is 66.7 Å². The Morgan fingerprint density at radius 3 is 2.41 bits per heavy atom. The molecule has 4 aromatic rings. The van der Waals surface area contributed by atoms with Crippen molar-refractivity contribution in [3.63, 3.8) is 0 Å². The maximum atomic E-state index is 11.6. The highest BCUT2D eigenvalue weighted by Gasteiger charge is 2.33. The summed E-state index contributed by atoms with van der Waals surface area (Å²) in [7, 11) is 0. The molecule has 3 aromatic carbocycles. The summed E-state index contributed by atoms with van der Waals surface area (Å²) in [6.07, 6.45) is 1.79. The Kier molecular flexibility index (Phi) is 3.57. The molecule has 0 amide bonds. The first-order chi connectivity index (χ1) is 13.3. The van der Waals surface area contributed by atoms with Crippen LogP contribution >= 0.6 is 0 Å². The minimum atomic E-state index is -0.267. The summed E-state index contributed by atoms with van der Waals surface area (Å²) in [5.41, 5.74) is 5.87. The van der Waals surface area contributed by atoms with Crippen LogP contribution in [-0.4, -0.2) is 9.49 Å². The van der Waals surface area contributed by atoms with E-state index in [4.69, 9.17) is 0 Å². The summed E-state index contributed by atoms with van der Waals surface area (Å²) in [5.74, 6) is 0. The van der Waals surface area contributed by atoms with E-state index >= 15 is 0 Å². The average Bonchev–Trinajstić information content (AvgIpc) is 3.27. The Labute approximate surface area is 156 Å². The Morgan fingerprint density at radius 1 is 0.889 bits per heavy atom. The fourth-order valence-corrected chi connectivity index (χ4v) is 4.48. The number of para-hydroxylation sites is 2. The third kappa shape index (κ3) is 2.37. The minimum Gasteiger partial charge on any atom is -0.336 e. The smallest absolute Gasteiger partial charge is 0.274 e. The van der Waals surface area contributed by atoms with Crippen molar-refractivity contribution in [2.24, 2.45) is 0 Å². The van der Waals surface area contributed by atoms with E-state index in [2.05, 4.69) is 47.0 Å². The molecule has 0 fully saturated rings. The van der Waals surface area contributed by atoms with Gasteiger partial charge in [0.25, 0.3) is 5.69 Å². The first kappa shape index (κ1) is 15.8. The third-order valence-corrected chi connectivity index (χ3v) is 5.53. The monoisotopic (exact) mass is 354 g/mol. The molecule has 1 unspecified atom stereocenters. The topological polar surface area (TPSA) is 48.1 Å². The van der Waals surface area contributed by atoms with Crippen LogP contribution in [0.1, 0.15) is 23.7 Å². The Hall–Kier alpha value is -3.40. The molecule has 4 nitrogen and oxygen atoms in total. The van der Waals surface area contributed by atoms with Gasteiger partial charge in [0.2, 0.25) is 0 Å². The lowest BCUT2D eigenvalue weighted by Gasteiger charge is -2.15. The predicted molar refractivity (Wildman–Crippen MR) is 107 cm³/mol. The zero-order valence-corrected chi connectivity index (χ0v) is 14.7. The molecule has 5 rings (SSSR count). The SMILES string of the molecule is O=[N+]([O-])c1ccccc1C1CCc2c(-c3ccccc3)c3ccccc3n21. The van der Waals surface area contributed by atoms with Gasteiger partial charge in [-0.05, 0) is 24.5 Å². The van der Waals surface area contributed by atoms with E-state index in [1.54, 1.807) is 12.1 Å². The van der Waals surface area contributed by atoms with Crippen molar-refractivity contribution in [2.75, 3.05) is 0 Å². The number of nitro groups is 1. The molecule has 0 saturated carbocycles. The van der Waals surface area contributed by atoms with E-state index in [0.29, 0.717) is 0 Å². The van der Waals surface area contributed by atoms with Crippen LogP contribution in [0.2, 0.25) is 0 Å². The molecular weight excluding hydrogens is 336 g/mol. The molecule has 0 spiro atoms. The van der Waals surface area contributed by atoms with Gasteiger partial charge in [0.15, 0.2) is 0 Å². The quantitative estimate of drug-likeness (QED) is 0.347. The fourth-order valence-electron chi connectivity index (χ4n) is 4.48. The lowest BCUT2D eigenvalue weighted by molar-refractivity contribution is -0.385. The van der Waals surface area contributed by atoms with Crippen molar-refractivity contribution < 1.29 is 4.92 Å². The van der Waals surface area contributed by atoms with Crippen LogP contribution in [-0.2, 0) is 6.42 Å². The highest BCUT2D eigenvalue weighted by Crippen LogP contribution is 2.45. The maximum Gasteiger partial charge on any atom is 0.274 e. The molecule has 2 heterocycles. The summed E-state index contributed by atoms with van der Waals surface area (Å²) in [6.45, 7) is 0. The number of benzene rings is 3. The molecule has 27 heavy (non-hydrogen) atoms. The zero-order valence-electron chi connectivity index (χ0n) is 14.7. The molecule has 1 aliphatic heterocycles. The summed E-state index contributed by atoms with van der Waals surface area (Å²) in [5, 5.41) is 12.8. The van der Waals surface area contributed by atoms with Crippen LogP contribution in [0.3, 0.4) is 0 Å². The molecule has 132 valence electrons. The van der Waals surface area contributed by atoms with Crippen LogP contribution in [0.15, 0.2) is 78.9 Å². The van der Waals surface area contributed by atoms with Crippen molar-refractivity contribution in [3.05, 3.63) is 100 Å². The highest BCUT2D eigenvalue weighted by atomic mass is 16.6. The molecule has 1 atom stereocenters. The van der Waals surface area contributed by atoms with E-state index in [1.165, 1.54) is 22.2 Å². The van der Waals surface area contributed by atoms with Crippen molar-refractivity contribution in [3.8, 4) is 11.1 Å². The van der Waals surface area contributed by atoms with Gasteiger partial charge in [-0.15, -0.1) is 0 Å². The molecule has 0 radical (unpaired) electrons. The molecule has 4 heteroatoms. The van der Waals surface area contributed by atoms with Crippen molar-refractivity contribution in [1.29, 1.82) is 0 Å². The van der Waals surface area contributed by atoms with Gasteiger partial charge < -0.3 is 4.57 Å². The third-order valence-electron chi connectivity index (χ3n) is 5.53. The lowest BCUT2D eigenvalue weighted by Crippen LogP contribution is -2.08. The fraction of sp³-hybridized carbons (Fsp3) is 0.130. The molecule has 0 bridgehead atoms. The molecule has 0 aliphatic carbocycles. The van der Waals surface area contributed by atoms with Crippen molar-refractivity contribution in [1.82, 2.24) is 4.57 Å². The van der Waals surface area contributed by atoms with Gasteiger partial charge in [-0.25, -0.2) is 0 Å². The standard InChI is InChI=1S/C23H18N2O2/c26-25(27)21-13-7-4-10-17(21)20-14-15-22-23(16-8-2-1-3-9-16)18-11-5-6-12-19(18)24(20)22/h1-13,20H,14-15H2. The average molecular weight is 354 g/mol. The first-order valence-corrected chi connectivity index (χ1v) is 9.16. The largest absolute Gasteiger partial charge is 0.336 e. The van der Waals surface area contributed by atoms with Crippen LogP contribution in [0.25, 0.3) is 22.0 Å². The number of rotatable bonds is 3. The van der Waals surface area contributed by atoms with Gasteiger partial charge in [-0.3, -0.25) is 10.1 Å². The number of fused-ring (bicyclic) bond motifs is 3. The second-order valence-corrected chi connectivity index (χ2v) is 6.95. The number of nitro benzene ring substituents is 1. The van der Waals surface area contributed by atoms with E-state index in [-0.39, 0.29) is 16.7 Å². The minimum absolute atomic E-state index is 0.0102. The predicted octanol–water partition coefficient (Wildman–Crippen LogP) is 5.75. The van der Waals surface area contributed by atoms with Crippen LogP contribution in [0.5, 0.6) is 0 Å². The Balaban J connectivity index is 1.78. The van der Waals surface area contributed by atoms with Crippen LogP contribution < -0.4 is 0 Å². The Morgan fingerprint density at radius 2 is 1.59 bits per heavy atom. The van der Waals surface area contributed by atoms with Crippen molar-refractivity contribution in [2.45, 2.75) is 18.9 Å². The maximum absolute atomic E-state index is 11.6. The molecule has 0 N–H and O–H groups in total. The Bertz CT molecular complexity index is 1160. The van der Waals surface area contributed by atoms with Gasteiger partial charge in [-0.2, -0.15) is 0 Å². The van der Waals surface area contributed by atoms with Crippen molar-refractivity contribution >= 4 is 16.6 Å². The van der Waals surface area contributed by atoms with Gasteiger partial charge in [0.1, 0.15) is 0 Å². The van der Waals surface area contributed by atoms with Crippen LogP contribution in [0.4, 0.5) is 5.69 Å².